The van der Waals surface area contributed by atoms with Gasteiger partial charge in [0.05, 0.1) is 24.4 Å². The number of para-hydroxylation sites is 1. The number of nitrogens with one attached hydrogen (secondary N) is 8. The SMILES string of the molecule is CSCC[C@H](N)C(=O)N[C@@H](CCCN=C(N)N)C(=O)N1CCC[C@H]1C(=O)N[C@@H](CC(C)C)C(=O)N[C@H](C(=O)N[C@@H](Cc1c[nH]c2ccccc12)C(=O)N[C@@H](CCC(N)=O)C(=O)N[C@H](C(=O)N[C@H](C(=O)O)[C@@H](C)O)[C@@H](C)O)[C@@H](C)O. The number of aliphatic imine (C=N–C) groups is 1. The van der Waals surface area contributed by atoms with E-state index in [1.807, 2.05) is 11.6 Å². The number of hydrogen-bond acceptors (Lipinski definition) is 16. The van der Waals surface area contributed by atoms with Crippen molar-refractivity contribution in [2.24, 2.45) is 33.8 Å². The van der Waals surface area contributed by atoms with Crippen molar-refractivity contribution in [3.63, 3.8) is 0 Å². The highest BCUT2D eigenvalue weighted by Gasteiger charge is 2.41. The number of rotatable bonds is 33. The maximum Gasteiger partial charge on any atom is 0.328 e. The molecular weight excluding hydrogens is 1050 g/mol. The van der Waals surface area contributed by atoms with E-state index in [4.69, 9.17) is 22.9 Å². The lowest BCUT2D eigenvalue weighted by Crippen LogP contribution is -2.63. The number of aromatic nitrogens is 1. The molecule has 1 fully saturated rings. The molecule has 0 aliphatic carbocycles. The molecule has 1 aliphatic rings. The van der Waals surface area contributed by atoms with Crippen molar-refractivity contribution in [2.45, 2.75) is 165 Å². The minimum atomic E-state index is -1.85. The van der Waals surface area contributed by atoms with Crippen molar-refractivity contribution in [2.75, 3.05) is 25.1 Å². The van der Waals surface area contributed by atoms with E-state index in [1.54, 1.807) is 44.3 Å². The molecule has 28 nitrogen and oxygen atoms in total. The van der Waals surface area contributed by atoms with Gasteiger partial charge in [0.2, 0.25) is 53.2 Å². The minimum absolute atomic E-state index is 0.0163. The Balaban J connectivity index is 1.93. The van der Waals surface area contributed by atoms with Crippen LogP contribution in [0, 0.1) is 5.92 Å². The number of carboxylic acid groups (broad SMARTS) is 1. The van der Waals surface area contributed by atoms with Gasteiger partial charge >= 0.3 is 5.97 Å². The normalized spacial score (nSPS) is 17.5. The number of amides is 9. The molecule has 0 unspecified atom stereocenters. The number of H-pyrrole nitrogens is 1. The summed E-state index contributed by atoms with van der Waals surface area (Å²) in [5, 5.41) is 58.8. The number of aliphatic carboxylic acids is 1. The zero-order valence-electron chi connectivity index (χ0n) is 45.4. The molecule has 1 aromatic heterocycles. The van der Waals surface area contributed by atoms with Crippen molar-refractivity contribution in [1.82, 2.24) is 47.1 Å². The molecule has 12 atom stereocenters. The van der Waals surface area contributed by atoms with Crippen LogP contribution >= 0.6 is 11.8 Å². The van der Waals surface area contributed by atoms with Crippen LogP contribution in [-0.2, 0) is 54.4 Å². The van der Waals surface area contributed by atoms with E-state index in [0.717, 1.165) is 13.8 Å². The topological polar surface area (TPSA) is 471 Å². The van der Waals surface area contributed by atoms with E-state index in [-0.39, 0.29) is 57.1 Å². The molecule has 1 aliphatic heterocycles. The summed E-state index contributed by atoms with van der Waals surface area (Å²) in [6, 6.07) is -6.28. The third-order valence-electron chi connectivity index (χ3n) is 12.9. The van der Waals surface area contributed by atoms with Gasteiger partial charge in [0.25, 0.3) is 0 Å². The van der Waals surface area contributed by atoms with Gasteiger partial charge in [0.1, 0.15) is 42.3 Å². The van der Waals surface area contributed by atoms with Crippen molar-refractivity contribution < 1.29 is 68.4 Å². The Labute approximate surface area is 461 Å². The second-order valence-corrected chi connectivity index (χ2v) is 21.0. The van der Waals surface area contributed by atoms with Crippen molar-refractivity contribution in [3.8, 4) is 0 Å². The largest absolute Gasteiger partial charge is 0.480 e. The van der Waals surface area contributed by atoms with Crippen LogP contribution in [0.1, 0.15) is 91.5 Å². The number of aliphatic hydroxyl groups is 3. The number of benzene rings is 1. The molecule has 1 saturated heterocycles. The lowest BCUT2D eigenvalue weighted by molar-refractivity contribution is -0.146. The second kappa shape index (κ2) is 32.1. The number of carboxylic acids is 1. The summed E-state index contributed by atoms with van der Waals surface area (Å²) in [5.74, 6) is -9.59. The minimum Gasteiger partial charge on any atom is -0.480 e. The molecule has 79 heavy (non-hydrogen) atoms. The van der Waals surface area contributed by atoms with E-state index >= 15 is 0 Å². The van der Waals surface area contributed by atoms with Crippen molar-refractivity contribution in [1.29, 1.82) is 0 Å². The Bertz CT molecular complexity index is 2470. The molecular formula is C50H80N14O14S. The number of nitrogens with two attached hydrogens (primary N) is 4. The number of aliphatic hydroxyl groups excluding tert-OH is 3. The predicted octanol–water partition coefficient (Wildman–Crippen LogP) is -4.23. The Kier molecular flexibility index (Phi) is 26.9. The molecule has 0 spiro atoms. The summed E-state index contributed by atoms with van der Waals surface area (Å²) in [6.45, 7) is 7.22. The van der Waals surface area contributed by atoms with Crippen molar-refractivity contribution >= 4 is 87.8 Å². The van der Waals surface area contributed by atoms with E-state index in [0.29, 0.717) is 35.1 Å². The van der Waals surface area contributed by atoms with Crippen LogP contribution in [0.4, 0.5) is 0 Å². The quantitative estimate of drug-likeness (QED) is 0.0183. The third kappa shape index (κ3) is 20.9. The van der Waals surface area contributed by atoms with Crippen LogP contribution in [0.5, 0.6) is 0 Å². The fourth-order valence-corrected chi connectivity index (χ4v) is 9.15. The van der Waals surface area contributed by atoms with Gasteiger partial charge in [-0.1, -0.05) is 32.0 Å². The first kappa shape index (κ1) is 66.2. The number of aromatic amines is 1. The molecule has 440 valence electrons. The second-order valence-electron chi connectivity index (χ2n) is 20.0. The summed E-state index contributed by atoms with van der Waals surface area (Å²) in [7, 11) is 0. The first-order valence-corrected chi connectivity index (χ1v) is 27.4. The summed E-state index contributed by atoms with van der Waals surface area (Å²) >= 11 is 1.50. The summed E-state index contributed by atoms with van der Waals surface area (Å²) < 4.78 is 0. The number of hydrogen-bond donors (Lipinski definition) is 16. The van der Waals surface area contributed by atoms with Gasteiger partial charge in [-0.15, -0.1) is 0 Å². The molecule has 9 amide bonds. The summed E-state index contributed by atoms with van der Waals surface area (Å²) in [5.41, 5.74) is 23.6. The number of carbonyl (C=O) groups is 10. The molecule has 29 heteroatoms. The molecule has 2 aromatic rings. The highest BCUT2D eigenvalue weighted by Crippen LogP contribution is 2.22. The maximum absolute atomic E-state index is 14.4. The molecule has 2 heterocycles. The van der Waals surface area contributed by atoms with Crippen LogP contribution < -0.4 is 60.2 Å². The van der Waals surface area contributed by atoms with Gasteiger partial charge in [0, 0.05) is 43.0 Å². The fraction of sp³-hybridized carbons (Fsp3) is 0.620. The van der Waals surface area contributed by atoms with Crippen LogP contribution in [0.25, 0.3) is 10.9 Å². The van der Waals surface area contributed by atoms with E-state index in [2.05, 4.69) is 41.9 Å². The average Bonchev–Trinajstić information content (AvgIpc) is 4.08. The average molecular weight is 1130 g/mol. The van der Waals surface area contributed by atoms with Gasteiger partial charge in [0.15, 0.2) is 12.0 Å². The van der Waals surface area contributed by atoms with Crippen molar-refractivity contribution in [3.05, 3.63) is 36.0 Å². The fourth-order valence-electron chi connectivity index (χ4n) is 8.66. The Morgan fingerprint density at radius 1 is 0.709 bits per heavy atom. The standard InChI is InChI=1S/C50H80N14O14S/c1-24(2)21-34(59-45(73)36-14-10-19-64(36)48(76)33(13-9-18-55-50(53)54)58-41(69)30(51)17-20-79-6)44(72)62-38(25(3)65)46(74)60-35(22-28-23-56-31-12-8-7-11-29(28)31)43(71)57-32(15-16-37(52)68)42(70)61-39(26(4)66)47(75)63-40(27(5)67)49(77)78/h7-8,11-12,23-27,30,32-36,38-40,56,65-67H,9-10,13-22,51H2,1-6H3,(H2,52,68)(H,57,71)(H,58,69)(H,59,73)(H,60,74)(H,61,70)(H,62,72)(H,63,75)(H,77,78)(H4,53,54,55)/t25-,26-,27-,30+,32+,33+,34+,35+,36+,38+,39+,40+/m1/s1. The van der Waals surface area contributed by atoms with Gasteiger partial charge in [-0.05, 0) is 95.3 Å². The number of likely N-dealkylation sites (tertiary alicyclic amines) is 1. The predicted molar refractivity (Wildman–Crippen MR) is 292 cm³/mol. The molecule has 0 radical (unpaired) electrons. The monoisotopic (exact) mass is 1130 g/mol. The van der Waals surface area contributed by atoms with E-state index < -0.39 is 145 Å². The van der Waals surface area contributed by atoms with Gasteiger partial charge in [-0.2, -0.15) is 11.8 Å². The smallest absolute Gasteiger partial charge is 0.328 e. The number of fused-ring (bicyclic) bond motifs is 1. The zero-order valence-corrected chi connectivity index (χ0v) is 46.2. The van der Waals surface area contributed by atoms with Gasteiger partial charge in [-0.25, -0.2) is 4.79 Å². The van der Waals surface area contributed by atoms with Gasteiger partial charge in [-0.3, -0.25) is 48.1 Å². The van der Waals surface area contributed by atoms with Gasteiger partial charge < -0.3 is 90.5 Å². The maximum atomic E-state index is 14.4. The van der Waals surface area contributed by atoms with Crippen LogP contribution in [0.2, 0.25) is 0 Å². The summed E-state index contributed by atoms with van der Waals surface area (Å²) in [4.78, 5) is 144. The van der Waals surface area contributed by atoms with E-state index in [9.17, 15) is 68.4 Å². The Hall–Kier alpha value is -7.08. The van der Waals surface area contributed by atoms with Crippen LogP contribution in [0.3, 0.4) is 0 Å². The number of primary amides is 1. The molecule has 3 rings (SSSR count). The first-order chi connectivity index (χ1) is 37.2. The molecule has 1 aromatic carbocycles. The highest BCUT2D eigenvalue weighted by molar-refractivity contribution is 7.98. The highest BCUT2D eigenvalue weighted by atomic mass is 32.2. The van der Waals surface area contributed by atoms with E-state index in [1.165, 1.54) is 23.6 Å². The molecule has 0 bridgehead atoms. The molecule has 0 saturated carbocycles. The van der Waals surface area contributed by atoms with Crippen LogP contribution in [-0.4, -0.2) is 193 Å². The zero-order chi connectivity index (χ0) is 59.3. The summed E-state index contributed by atoms with van der Waals surface area (Å²) in [6.07, 6.45) is -1.38. The number of nitrogens with zero attached hydrogens (tertiary/aromatic N) is 2. The lowest BCUT2D eigenvalue weighted by atomic mass is 10.0. The number of guanidine groups is 1. The van der Waals surface area contributed by atoms with Crippen LogP contribution in [0.15, 0.2) is 35.5 Å². The number of thioether (sulfide) groups is 1. The lowest BCUT2D eigenvalue weighted by Gasteiger charge is -2.31. The third-order valence-corrected chi connectivity index (χ3v) is 13.6. The Morgan fingerprint density at radius 3 is 1.84 bits per heavy atom. The number of carbonyl (C=O) groups excluding carboxylic acids is 9. The molecule has 20 N–H and O–H groups in total. The first-order valence-electron chi connectivity index (χ1n) is 26.0. The Morgan fingerprint density at radius 2 is 1.27 bits per heavy atom.